The van der Waals surface area contributed by atoms with E-state index in [2.05, 4.69) is 30.1 Å². The fourth-order valence-electron chi connectivity index (χ4n) is 2.62. The summed E-state index contributed by atoms with van der Waals surface area (Å²) < 4.78 is 40.2. The van der Waals surface area contributed by atoms with Crippen LogP contribution in [0.15, 0.2) is 47.1 Å². The Morgan fingerprint density at radius 1 is 1.23 bits per heavy atom. The van der Waals surface area contributed by atoms with Gasteiger partial charge in [-0.05, 0) is 19.1 Å². The van der Waals surface area contributed by atoms with Gasteiger partial charge in [0.25, 0.3) is 0 Å². The number of allylic oxidation sites excluding steroid dienone is 3. The van der Waals surface area contributed by atoms with Crippen molar-refractivity contribution in [3.05, 3.63) is 58.5 Å². The standard InChI is InChI=1S/C18H17F3N8S/c1-9(22)12(11-5-3-4-6-25-11)17-28-13(14(30-17)16-26-8-27-29-16)10(7-24-2)15(23)18(19,20)21/h3-8H,22-23H2,1-2H3,(H,26,27,29). The number of nitrogens with zero attached hydrogens (tertiary/aromatic N) is 5. The molecule has 3 aromatic heterocycles. The first-order chi connectivity index (χ1) is 14.2. The molecule has 0 atom stereocenters. The molecule has 5 N–H and O–H groups in total. The molecular formula is C18H17F3N8S. The van der Waals surface area contributed by atoms with Crippen LogP contribution in [0.1, 0.15) is 23.3 Å². The number of rotatable bonds is 5. The van der Waals surface area contributed by atoms with Crippen molar-refractivity contribution in [2.75, 3.05) is 7.05 Å². The second kappa shape index (κ2) is 8.45. The molecule has 3 aromatic rings. The van der Waals surface area contributed by atoms with Gasteiger partial charge >= 0.3 is 6.18 Å². The largest absolute Gasteiger partial charge is 0.431 e. The van der Waals surface area contributed by atoms with Gasteiger partial charge in [0, 0.05) is 30.7 Å². The molecule has 0 aliphatic rings. The normalized spacial score (nSPS) is 14.0. The zero-order chi connectivity index (χ0) is 21.9. The molecule has 0 unspecified atom stereocenters. The van der Waals surface area contributed by atoms with Crippen LogP contribution in [0.4, 0.5) is 13.2 Å². The van der Waals surface area contributed by atoms with Crippen molar-refractivity contribution in [1.29, 1.82) is 0 Å². The van der Waals surface area contributed by atoms with Gasteiger partial charge < -0.3 is 11.5 Å². The highest BCUT2D eigenvalue weighted by molar-refractivity contribution is 7.16. The summed E-state index contributed by atoms with van der Waals surface area (Å²) in [7, 11) is 1.34. The Morgan fingerprint density at radius 2 is 2.00 bits per heavy atom. The number of hydrogen-bond donors (Lipinski definition) is 3. The van der Waals surface area contributed by atoms with E-state index in [1.54, 1.807) is 31.3 Å². The lowest BCUT2D eigenvalue weighted by molar-refractivity contribution is -0.0918. The highest BCUT2D eigenvalue weighted by Crippen LogP contribution is 2.39. The lowest BCUT2D eigenvalue weighted by Crippen LogP contribution is -2.22. The average molecular weight is 434 g/mol. The number of aromatic nitrogens is 5. The number of hydrogen-bond acceptors (Lipinski definition) is 8. The minimum absolute atomic E-state index is 0.0399. The van der Waals surface area contributed by atoms with Crippen LogP contribution < -0.4 is 11.5 Å². The van der Waals surface area contributed by atoms with Crippen molar-refractivity contribution in [1.82, 2.24) is 25.1 Å². The summed E-state index contributed by atoms with van der Waals surface area (Å²) in [6.45, 7) is 1.66. The second-order valence-corrected chi connectivity index (χ2v) is 7.02. The second-order valence-electron chi connectivity index (χ2n) is 6.02. The molecule has 0 amide bonds. The zero-order valence-corrected chi connectivity index (χ0v) is 16.7. The summed E-state index contributed by atoms with van der Waals surface area (Å²) in [5.74, 6) is 0.237. The van der Waals surface area contributed by atoms with E-state index >= 15 is 0 Å². The molecule has 0 saturated heterocycles. The molecule has 30 heavy (non-hydrogen) atoms. The predicted molar refractivity (Wildman–Crippen MR) is 109 cm³/mol. The van der Waals surface area contributed by atoms with Crippen molar-refractivity contribution >= 4 is 28.7 Å². The number of nitrogens with one attached hydrogen (secondary N) is 1. The molecule has 0 fully saturated rings. The zero-order valence-electron chi connectivity index (χ0n) is 15.9. The van der Waals surface area contributed by atoms with Crippen LogP contribution in [-0.4, -0.2) is 44.6 Å². The lowest BCUT2D eigenvalue weighted by Gasteiger charge is -2.11. The maximum absolute atomic E-state index is 13.4. The van der Waals surface area contributed by atoms with E-state index in [1.807, 2.05) is 0 Å². The number of nitrogens with two attached hydrogens (primary N) is 2. The van der Waals surface area contributed by atoms with Crippen molar-refractivity contribution in [2.24, 2.45) is 16.5 Å². The summed E-state index contributed by atoms with van der Waals surface area (Å²) in [6.07, 6.45) is -0.934. The van der Waals surface area contributed by atoms with Gasteiger partial charge in [-0.2, -0.15) is 18.3 Å². The Bertz CT molecular complexity index is 1110. The van der Waals surface area contributed by atoms with E-state index in [0.29, 0.717) is 26.8 Å². The number of alkyl halides is 3. The van der Waals surface area contributed by atoms with E-state index in [4.69, 9.17) is 11.5 Å². The summed E-state index contributed by atoms with van der Waals surface area (Å²) in [6, 6.07) is 5.24. The smallest absolute Gasteiger partial charge is 0.402 e. The Morgan fingerprint density at radius 3 is 2.53 bits per heavy atom. The third kappa shape index (κ3) is 4.22. The van der Waals surface area contributed by atoms with Crippen molar-refractivity contribution in [3.8, 4) is 10.7 Å². The van der Waals surface area contributed by atoms with E-state index in [-0.39, 0.29) is 17.1 Å². The van der Waals surface area contributed by atoms with E-state index in [0.717, 1.165) is 17.6 Å². The Balaban J connectivity index is 2.32. The predicted octanol–water partition coefficient (Wildman–Crippen LogP) is 2.99. The fourth-order valence-corrected chi connectivity index (χ4v) is 3.76. The quantitative estimate of drug-likeness (QED) is 0.529. The molecule has 3 rings (SSSR count). The van der Waals surface area contributed by atoms with Crippen molar-refractivity contribution in [3.63, 3.8) is 0 Å². The van der Waals surface area contributed by atoms with Crippen molar-refractivity contribution in [2.45, 2.75) is 13.1 Å². The highest BCUT2D eigenvalue weighted by atomic mass is 32.1. The Hall–Kier alpha value is -3.54. The van der Waals surface area contributed by atoms with Gasteiger partial charge in [-0.25, -0.2) is 9.97 Å². The molecule has 0 radical (unpaired) electrons. The van der Waals surface area contributed by atoms with Gasteiger partial charge in [0.05, 0.1) is 21.8 Å². The van der Waals surface area contributed by atoms with E-state index in [9.17, 15) is 13.2 Å². The van der Waals surface area contributed by atoms with Gasteiger partial charge in [0.15, 0.2) is 5.82 Å². The number of pyridine rings is 1. The monoisotopic (exact) mass is 434 g/mol. The Kier molecular flexibility index (Phi) is 5.96. The molecule has 0 aliphatic heterocycles. The first-order valence-corrected chi connectivity index (χ1v) is 9.29. The van der Waals surface area contributed by atoms with Crippen LogP contribution in [0.5, 0.6) is 0 Å². The van der Waals surface area contributed by atoms with Gasteiger partial charge in [-0.15, -0.1) is 11.3 Å². The maximum atomic E-state index is 13.4. The van der Waals surface area contributed by atoms with Crippen molar-refractivity contribution < 1.29 is 13.2 Å². The molecule has 0 saturated carbocycles. The van der Waals surface area contributed by atoms with Gasteiger partial charge in [0.1, 0.15) is 17.0 Å². The lowest BCUT2D eigenvalue weighted by atomic mass is 10.1. The topological polar surface area (TPSA) is 132 Å². The summed E-state index contributed by atoms with van der Waals surface area (Å²) in [4.78, 5) is 16.8. The number of aliphatic imine (C=N–C) groups is 1. The summed E-state index contributed by atoms with van der Waals surface area (Å²) >= 11 is 1.09. The van der Waals surface area contributed by atoms with Crippen LogP contribution in [0.3, 0.4) is 0 Å². The van der Waals surface area contributed by atoms with Gasteiger partial charge in [-0.1, -0.05) is 6.07 Å². The molecule has 0 bridgehead atoms. The molecule has 156 valence electrons. The van der Waals surface area contributed by atoms with Gasteiger partial charge in [0.2, 0.25) is 0 Å². The molecule has 3 heterocycles. The minimum Gasteiger partial charge on any atom is -0.402 e. The molecule has 12 heteroatoms. The minimum atomic E-state index is -4.78. The first kappa shape index (κ1) is 21.2. The van der Waals surface area contributed by atoms with Crippen LogP contribution in [0.2, 0.25) is 0 Å². The molecule has 0 aliphatic carbocycles. The summed E-state index contributed by atoms with van der Waals surface area (Å²) in [5, 5.41) is 6.78. The van der Waals surface area contributed by atoms with Crippen LogP contribution in [0.25, 0.3) is 21.8 Å². The molecule has 8 nitrogen and oxygen atoms in total. The SMILES string of the molecule is CN=CC(=C(N)C(F)(F)F)c1nc(C(=C(C)N)c2ccccn2)sc1-c1ncn[nH]1. The van der Waals surface area contributed by atoms with Crippen LogP contribution in [0, 0.1) is 0 Å². The number of halogens is 3. The third-order valence-corrected chi connectivity index (χ3v) is 4.97. The summed E-state index contributed by atoms with van der Waals surface area (Å²) in [5.41, 5.74) is 11.2. The Labute approximate surface area is 173 Å². The fraction of sp³-hybridized carbons (Fsp3) is 0.167. The number of thiazole rings is 1. The van der Waals surface area contributed by atoms with E-state index < -0.39 is 11.9 Å². The molecule has 0 spiro atoms. The van der Waals surface area contributed by atoms with Crippen LogP contribution in [-0.2, 0) is 0 Å². The number of H-pyrrole nitrogens is 1. The van der Waals surface area contributed by atoms with Crippen LogP contribution >= 0.6 is 11.3 Å². The first-order valence-electron chi connectivity index (χ1n) is 8.48. The maximum Gasteiger partial charge on any atom is 0.431 e. The van der Waals surface area contributed by atoms with Gasteiger partial charge in [-0.3, -0.25) is 15.1 Å². The molecule has 0 aromatic carbocycles. The highest BCUT2D eigenvalue weighted by Gasteiger charge is 2.36. The third-order valence-electron chi connectivity index (χ3n) is 3.90. The molecular weight excluding hydrogens is 417 g/mol. The average Bonchev–Trinajstić information content (AvgIpc) is 3.35. The van der Waals surface area contributed by atoms with E-state index in [1.165, 1.54) is 13.4 Å². The number of aromatic amines is 1.